The van der Waals surface area contributed by atoms with Crippen LogP contribution < -0.4 is 15.2 Å². The Bertz CT molecular complexity index is 690. The summed E-state index contributed by atoms with van der Waals surface area (Å²) in [7, 11) is 0. The molecule has 1 atom stereocenters. The second kappa shape index (κ2) is 5.56. The molecule has 0 aliphatic carbocycles. The maximum absolute atomic E-state index is 13.5. The van der Waals surface area contributed by atoms with Crippen LogP contribution in [0.15, 0.2) is 34.8 Å². The van der Waals surface area contributed by atoms with Gasteiger partial charge in [0.05, 0.1) is 10.2 Å². The fourth-order valence-electron chi connectivity index (χ4n) is 2.39. The van der Waals surface area contributed by atoms with E-state index in [0.717, 1.165) is 12.2 Å². The molecule has 0 spiro atoms. The molecule has 110 valence electrons. The summed E-state index contributed by atoms with van der Waals surface area (Å²) >= 11 is 3.09. The van der Waals surface area contributed by atoms with Gasteiger partial charge in [0, 0.05) is 12.5 Å². The topological polar surface area (TPSA) is 44.5 Å². The van der Waals surface area contributed by atoms with Gasteiger partial charge in [-0.1, -0.05) is 17.7 Å². The number of aryl methyl sites for hydroxylation is 1. The molecular formula is C16H15BrFNO2. The molecule has 0 bridgehead atoms. The quantitative estimate of drug-likeness (QED) is 0.854. The molecule has 1 aliphatic rings. The Morgan fingerprint density at radius 3 is 3.00 bits per heavy atom. The fourth-order valence-corrected chi connectivity index (χ4v) is 2.75. The predicted molar refractivity (Wildman–Crippen MR) is 83.3 cm³/mol. The molecule has 0 saturated carbocycles. The van der Waals surface area contributed by atoms with Gasteiger partial charge in [0.15, 0.2) is 0 Å². The highest BCUT2D eigenvalue weighted by Crippen LogP contribution is 2.31. The Kier molecular flexibility index (Phi) is 3.76. The van der Waals surface area contributed by atoms with Gasteiger partial charge in [0.1, 0.15) is 30.0 Å². The number of anilines is 1. The molecular weight excluding hydrogens is 337 g/mol. The van der Waals surface area contributed by atoms with E-state index in [1.807, 2.05) is 12.1 Å². The summed E-state index contributed by atoms with van der Waals surface area (Å²) in [4.78, 5) is 0. The van der Waals surface area contributed by atoms with Gasteiger partial charge in [0.2, 0.25) is 0 Å². The molecule has 0 saturated heterocycles. The lowest BCUT2D eigenvalue weighted by Gasteiger charge is -2.14. The third-order valence-corrected chi connectivity index (χ3v) is 4.04. The van der Waals surface area contributed by atoms with E-state index in [0.29, 0.717) is 22.5 Å². The first-order chi connectivity index (χ1) is 10.0. The highest BCUT2D eigenvalue weighted by molar-refractivity contribution is 9.10. The number of ether oxygens (including phenoxy) is 2. The molecule has 3 nitrogen and oxygen atoms in total. The van der Waals surface area contributed by atoms with Crippen molar-refractivity contribution in [3.8, 4) is 11.5 Å². The third-order valence-electron chi connectivity index (χ3n) is 3.43. The van der Waals surface area contributed by atoms with E-state index in [9.17, 15) is 4.39 Å². The molecule has 2 aromatic rings. The van der Waals surface area contributed by atoms with E-state index in [4.69, 9.17) is 15.2 Å². The van der Waals surface area contributed by atoms with Gasteiger partial charge >= 0.3 is 0 Å². The highest BCUT2D eigenvalue weighted by atomic mass is 79.9. The molecule has 0 amide bonds. The second-order valence-corrected chi connectivity index (χ2v) is 6.02. The minimum Gasteiger partial charge on any atom is -0.487 e. The summed E-state index contributed by atoms with van der Waals surface area (Å²) in [6.07, 6.45) is 0.712. The van der Waals surface area contributed by atoms with Gasteiger partial charge in [-0.05, 0) is 40.5 Å². The van der Waals surface area contributed by atoms with E-state index >= 15 is 0 Å². The Morgan fingerprint density at radius 2 is 2.19 bits per heavy atom. The lowest BCUT2D eigenvalue weighted by molar-refractivity contribution is 0.149. The van der Waals surface area contributed by atoms with Crippen molar-refractivity contribution in [1.82, 2.24) is 0 Å². The van der Waals surface area contributed by atoms with Crippen molar-refractivity contribution in [2.45, 2.75) is 19.4 Å². The van der Waals surface area contributed by atoms with Crippen LogP contribution in [0.1, 0.15) is 11.1 Å². The maximum Gasteiger partial charge on any atom is 0.145 e. The molecule has 1 heterocycles. The van der Waals surface area contributed by atoms with Gasteiger partial charge in [-0.25, -0.2) is 4.39 Å². The van der Waals surface area contributed by atoms with Gasteiger partial charge in [0.25, 0.3) is 0 Å². The SMILES string of the molecule is Cc1ccc2c(c1)CC(COc1cc(F)c(Br)cc1N)O2. The van der Waals surface area contributed by atoms with Crippen LogP contribution in [0.2, 0.25) is 0 Å². The smallest absolute Gasteiger partial charge is 0.145 e. The van der Waals surface area contributed by atoms with Crippen LogP contribution in [0.4, 0.5) is 10.1 Å². The van der Waals surface area contributed by atoms with Crippen molar-refractivity contribution in [1.29, 1.82) is 0 Å². The molecule has 3 rings (SSSR count). The van der Waals surface area contributed by atoms with Crippen LogP contribution >= 0.6 is 15.9 Å². The van der Waals surface area contributed by atoms with Crippen LogP contribution in [0.3, 0.4) is 0 Å². The van der Waals surface area contributed by atoms with Crippen LogP contribution in [0.25, 0.3) is 0 Å². The number of rotatable bonds is 3. The van der Waals surface area contributed by atoms with Crippen molar-refractivity contribution in [3.63, 3.8) is 0 Å². The number of benzene rings is 2. The molecule has 0 aromatic heterocycles. The van der Waals surface area contributed by atoms with Gasteiger partial charge in [-0.15, -0.1) is 0 Å². The van der Waals surface area contributed by atoms with Crippen LogP contribution in [0.5, 0.6) is 11.5 Å². The number of hydrogen-bond donors (Lipinski definition) is 1. The summed E-state index contributed by atoms with van der Waals surface area (Å²) < 4.78 is 25.2. The number of halogens is 2. The van der Waals surface area contributed by atoms with Crippen molar-refractivity contribution in [3.05, 3.63) is 51.7 Å². The number of nitrogen functional groups attached to an aromatic ring is 1. The zero-order valence-electron chi connectivity index (χ0n) is 11.5. The average molecular weight is 352 g/mol. The van der Waals surface area contributed by atoms with E-state index in [-0.39, 0.29) is 6.10 Å². The highest BCUT2D eigenvalue weighted by Gasteiger charge is 2.23. The van der Waals surface area contributed by atoms with E-state index in [1.165, 1.54) is 23.3 Å². The molecule has 1 unspecified atom stereocenters. The monoisotopic (exact) mass is 351 g/mol. The first-order valence-electron chi connectivity index (χ1n) is 6.66. The largest absolute Gasteiger partial charge is 0.487 e. The zero-order chi connectivity index (χ0) is 15.0. The average Bonchev–Trinajstić information content (AvgIpc) is 2.83. The Hall–Kier alpha value is -1.75. The molecule has 1 aliphatic heterocycles. The molecule has 2 aromatic carbocycles. The van der Waals surface area contributed by atoms with E-state index < -0.39 is 5.82 Å². The summed E-state index contributed by atoms with van der Waals surface area (Å²) in [5.74, 6) is 0.834. The van der Waals surface area contributed by atoms with Crippen LogP contribution in [-0.2, 0) is 6.42 Å². The number of hydrogen-bond acceptors (Lipinski definition) is 3. The molecule has 2 N–H and O–H groups in total. The third kappa shape index (κ3) is 2.97. The summed E-state index contributed by atoms with van der Waals surface area (Å²) in [5, 5.41) is 0. The lowest BCUT2D eigenvalue weighted by atomic mass is 10.1. The predicted octanol–water partition coefficient (Wildman–Crippen LogP) is 3.86. The maximum atomic E-state index is 13.5. The first kappa shape index (κ1) is 14.2. The normalized spacial score (nSPS) is 16.4. The Morgan fingerprint density at radius 1 is 1.38 bits per heavy atom. The Labute approximate surface area is 131 Å². The summed E-state index contributed by atoms with van der Waals surface area (Å²) in [6, 6.07) is 8.88. The van der Waals surface area contributed by atoms with Crippen LogP contribution in [-0.4, -0.2) is 12.7 Å². The summed E-state index contributed by atoms with van der Waals surface area (Å²) in [6.45, 7) is 2.38. The van der Waals surface area contributed by atoms with Gasteiger partial charge in [-0.2, -0.15) is 0 Å². The van der Waals surface area contributed by atoms with Crippen LogP contribution in [0, 0.1) is 12.7 Å². The fraction of sp³-hybridized carbons (Fsp3) is 0.250. The van der Waals surface area contributed by atoms with Crippen molar-refractivity contribution in [2.24, 2.45) is 0 Å². The standard InChI is InChI=1S/C16H15BrFNO2/c1-9-2-3-15-10(4-9)5-11(21-15)8-20-16-7-13(18)12(17)6-14(16)19/h2-4,6-7,11H,5,8,19H2,1H3. The summed E-state index contributed by atoms with van der Waals surface area (Å²) in [5.41, 5.74) is 8.60. The lowest BCUT2D eigenvalue weighted by Crippen LogP contribution is -2.22. The first-order valence-corrected chi connectivity index (χ1v) is 7.46. The molecule has 0 radical (unpaired) electrons. The minimum absolute atomic E-state index is 0.0760. The van der Waals surface area contributed by atoms with Crippen molar-refractivity contribution < 1.29 is 13.9 Å². The molecule has 21 heavy (non-hydrogen) atoms. The van der Waals surface area contributed by atoms with Crippen molar-refractivity contribution in [2.75, 3.05) is 12.3 Å². The number of fused-ring (bicyclic) bond motifs is 1. The van der Waals surface area contributed by atoms with Gasteiger partial charge in [-0.3, -0.25) is 0 Å². The Balaban J connectivity index is 1.66. The minimum atomic E-state index is -0.398. The second-order valence-electron chi connectivity index (χ2n) is 5.17. The van der Waals surface area contributed by atoms with Crippen molar-refractivity contribution >= 4 is 21.6 Å². The van der Waals surface area contributed by atoms with Gasteiger partial charge < -0.3 is 15.2 Å². The zero-order valence-corrected chi connectivity index (χ0v) is 13.1. The molecule has 0 fully saturated rings. The number of nitrogens with two attached hydrogens (primary N) is 1. The van der Waals surface area contributed by atoms with E-state index in [2.05, 4.69) is 28.9 Å². The van der Waals surface area contributed by atoms with E-state index in [1.54, 1.807) is 0 Å². The molecule has 5 heteroatoms.